The molecule has 0 aromatic heterocycles. The van der Waals surface area contributed by atoms with E-state index in [-0.39, 0.29) is 0 Å². The van der Waals surface area contributed by atoms with Gasteiger partial charge in [0.1, 0.15) is 0 Å². The van der Waals surface area contributed by atoms with Crippen LogP contribution < -0.4 is 5.32 Å². The highest BCUT2D eigenvalue weighted by Gasteiger charge is 2.18. The van der Waals surface area contributed by atoms with Crippen LogP contribution in [0.5, 0.6) is 0 Å². The minimum atomic E-state index is 0.740. The Morgan fingerprint density at radius 3 is 2.67 bits per heavy atom. The lowest BCUT2D eigenvalue weighted by Crippen LogP contribution is -2.34. The number of hydrogen-bond donors (Lipinski definition) is 1. The Bertz CT molecular complexity index is 245. The summed E-state index contributed by atoms with van der Waals surface area (Å²) in [6, 6.07) is 0.763. The maximum Gasteiger partial charge on any atom is 0.0591 e. The first-order chi connectivity index (χ1) is 8.86. The first-order valence-corrected chi connectivity index (χ1v) is 7.82. The van der Waals surface area contributed by atoms with Gasteiger partial charge in [0.15, 0.2) is 0 Å². The molecule has 0 aromatic rings. The molecular formula is C16H29NO. The summed E-state index contributed by atoms with van der Waals surface area (Å²) < 4.78 is 5.84. The van der Waals surface area contributed by atoms with Crippen molar-refractivity contribution in [1.82, 2.24) is 5.32 Å². The van der Waals surface area contributed by atoms with Crippen LogP contribution in [0, 0.1) is 11.8 Å². The number of rotatable bonds is 6. The molecule has 2 aliphatic rings. The summed E-state index contributed by atoms with van der Waals surface area (Å²) in [4.78, 5) is 0. The van der Waals surface area contributed by atoms with Crippen molar-refractivity contribution in [3.05, 3.63) is 12.2 Å². The minimum Gasteiger partial charge on any atom is -0.380 e. The predicted molar refractivity (Wildman–Crippen MR) is 76.7 cm³/mol. The summed E-state index contributed by atoms with van der Waals surface area (Å²) in [5.41, 5.74) is 0. The molecule has 2 rings (SSSR count). The van der Waals surface area contributed by atoms with E-state index in [1.165, 1.54) is 44.9 Å². The van der Waals surface area contributed by atoms with Gasteiger partial charge in [0.05, 0.1) is 13.2 Å². The molecule has 1 fully saturated rings. The highest BCUT2D eigenvalue weighted by Crippen LogP contribution is 2.24. The van der Waals surface area contributed by atoms with E-state index in [0.29, 0.717) is 0 Å². The van der Waals surface area contributed by atoms with Crippen LogP contribution in [0.25, 0.3) is 0 Å². The van der Waals surface area contributed by atoms with Gasteiger partial charge in [-0.25, -0.2) is 0 Å². The average Bonchev–Trinajstić information content (AvgIpc) is 2.42. The molecule has 2 heteroatoms. The zero-order chi connectivity index (χ0) is 12.6. The molecule has 1 N–H and O–H groups in total. The standard InChI is InChI=1S/C16H29NO/c1-14-7-5-6-8-15(14)13-18-12-11-17-16-9-3-2-4-10-16/h5-6,14-17H,2-4,7-13H2,1H3. The van der Waals surface area contributed by atoms with E-state index in [0.717, 1.165) is 37.6 Å². The average molecular weight is 251 g/mol. The lowest BCUT2D eigenvalue weighted by atomic mass is 9.85. The summed E-state index contributed by atoms with van der Waals surface area (Å²) >= 11 is 0. The zero-order valence-corrected chi connectivity index (χ0v) is 11.9. The Morgan fingerprint density at radius 1 is 1.11 bits per heavy atom. The van der Waals surface area contributed by atoms with Crippen LogP contribution in [0.3, 0.4) is 0 Å². The van der Waals surface area contributed by atoms with Crippen molar-refractivity contribution in [3.63, 3.8) is 0 Å². The lowest BCUT2D eigenvalue weighted by molar-refractivity contribution is 0.0789. The largest absolute Gasteiger partial charge is 0.380 e. The van der Waals surface area contributed by atoms with Crippen LogP contribution in [0.15, 0.2) is 12.2 Å². The van der Waals surface area contributed by atoms with Gasteiger partial charge in [-0.1, -0.05) is 38.3 Å². The third kappa shape index (κ3) is 4.74. The number of allylic oxidation sites excluding steroid dienone is 2. The Balaban J connectivity index is 1.49. The highest BCUT2D eigenvalue weighted by atomic mass is 16.5. The smallest absolute Gasteiger partial charge is 0.0591 e. The number of nitrogens with one attached hydrogen (secondary N) is 1. The van der Waals surface area contributed by atoms with E-state index in [9.17, 15) is 0 Å². The van der Waals surface area contributed by atoms with Gasteiger partial charge >= 0.3 is 0 Å². The second-order valence-corrected chi connectivity index (χ2v) is 6.04. The number of ether oxygens (including phenoxy) is 1. The molecule has 18 heavy (non-hydrogen) atoms. The molecule has 0 amide bonds. The SMILES string of the molecule is CC1CC=CCC1COCCNC1CCCCC1. The molecule has 0 heterocycles. The van der Waals surface area contributed by atoms with Gasteiger partial charge in [-0.15, -0.1) is 0 Å². The van der Waals surface area contributed by atoms with Crippen molar-refractivity contribution in [2.24, 2.45) is 11.8 Å². The summed E-state index contributed by atoms with van der Waals surface area (Å²) in [6.07, 6.45) is 14.0. The molecular weight excluding hydrogens is 222 g/mol. The topological polar surface area (TPSA) is 21.3 Å². The van der Waals surface area contributed by atoms with Gasteiger partial charge in [0, 0.05) is 12.6 Å². The van der Waals surface area contributed by atoms with Gasteiger partial charge in [0.25, 0.3) is 0 Å². The van der Waals surface area contributed by atoms with Gasteiger partial charge < -0.3 is 10.1 Å². The van der Waals surface area contributed by atoms with Crippen molar-refractivity contribution in [2.45, 2.75) is 57.9 Å². The zero-order valence-electron chi connectivity index (χ0n) is 11.9. The monoisotopic (exact) mass is 251 g/mol. The fourth-order valence-corrected chi connectivity index (χ4v) is 3.12. The summed E-state index contributed by atoms with van der Waals surface area (Å²) in [5.74, 6) is 1.53. The Hall–Kier alpha value is -0.340. The molecule has 0 aliphatic heterocycles. The maximum absolute atomic E-state index is 5.84. The molecule has 2 aliphatic carbocycles. The summed E-state index contributed by atoms with van der Waals surface area (Å²) in [5, 5.41) is 3.63. The van der Waals surface area contributed by atoms with E-state index in [1.54, 1.807) is 0 Å². The number of hydrogen-bond acceptors (Lipinski definition) is 2. The van der Waals surface area contributed by atoms with Crippen LogP contribution >= 0.6 is 0 Å². The first-order valence-electron chi connectivity index (χ1n) is 7.82. The lowest BCUT2D eigenvalue weighted by Gasteiger charge is -2.26. The van der Waals surface area contributed by atoms with Crippen LogP contribution in [-0.2, 0) is 4.74 Å². The molecule has 104 valence electrons. The molecule has 1 saturated carbocycles. The molecule has 2 nitrogen and oxygen atoms in total. The Labute approximate surface area is 112 Å². The fraction of sp³-hybridized carbons (Fsp3) is 0.875. The van der Waals surface area contributed by atoms with Gasteiger partial charge in [0.2, 0.25) is 0 Å². The predicted octanol–water partition coefficient (Wildman–Crippen LogP) is 3.53. The van der Waals surface area contributed by atoms with Crippen LogP contribution in [0.4, 0.5) is 0 Å². The quantitative estimate of drug-likeness (QED) is 0.576. The molecule has 0 aromatic carbocycles. The maximum atomic E-state index is 5.84. The van der Waals surface area contributed by atoms with E-state index in [4.69, 9.17) is 4.74 Å². The molecule has 0 bridgehead atoms. The van der Waals surface area contributed by atoms with E-state index in [2.05, 4.69) is 24.4 Å². The van der Waals surface area contributed by atoms with Crippen LogP contribution in [-0.4, -0.2) is 25.8 Å². The van der Waals surface area contributed by atoms with E-state index >= 15 is 0 Å². The van der Waals surface area contributed by atoms with E-state index in [1.807, 2.05) is 0 Å². The molecule has 0 saturated heterocycles. The van der Waals surface area contributed by atoms with Crippen LogP contribution in [0.2, 0.25) is 0 Å². The van der Waals surface area contributed by atoms with Crippen molar-refractivity contribution in [2.75, 3.05) is 19.8 Å². The van der Waals surface area contributed by atoms with Gasteiger partial charge in [-0.3, -0.25) is 0 Å². The highest BCUT2D eigenvalue weighted by molar-refractivity contribution is 4.93. The normalized spacial score (nSPS) is 29.6. The van der Waals surface area contributed by atoms with Gasteiger partial charge in [-0.2, -0.15) is 0 Å². The molecule has 2 atom stereocenters. The second kappa shape index (κ2) is 7.96. The van der Waals surface area contributed by atoms with Crippen molar-refractivity contribution in [3.8, 4) is 0 Å². The molecule has 2 unspecified atom stereocenters. The van der Waals surface area contributed by atoms with Crippen LogP contribution in [0.1, 0.15) is 51.9 Å². The fourth-order valence-electron chi connectivity index (χ4n) is 3.12. The minimum absolute atomic E-state index is 0.740. The van der Waals surface area contributed by atoms with Crippen molar-refractivity contribution >= 4 is 0 Å². The Kier molecular flexibility index (Phi) is 6.22. The summed E-state index contributed by atoms with van der Waals surface area (Å²) in [6.45, 7) is 5.20. The Morgan fingerprint density at radius 2 is 1.89 bits per heavy atom. The third-order valence-corrected chi connectivity index (χ3v) is 4.53. The first kappa shape index (κ1) is 14.1. The van der Waals surface area contributed by atoms with Crippen molar-refractivity contribution < 1.29 is 4.74 Å². The second-order valence-electron chi connectivity index (χ2n) is 6.04. The molecule has 0 spiro atoms. The van der Waals surface area contributed by atoms with Crippen molar-refractivity contribution in [1.29, 1.82) is 0 Å². The summed E-state index contributed by atoms with van der Waals surface area (Å²) in [7, 11) is 0. The third-order valence-electron chi connectivity index (χ3n) is 4.53. The van der Waals surface area contributed by atoms with Gasteiger partial charge in [-0.05, 0) is 37.5 Å². The van der Waals surface area contributed by atoms with E-state index < -0.39 is 0 Å². The molecule has 0 radical (unpaired) electrons.